The standard InChI is InChI=1S/C14H9ClN2/c15-13-6-8-14(9-7-13)17-16-11-10-12-4-2-1-3-5-12/h1-9H. The molecule has 0 aliphatic carbocycles. The number of benzene rings is 2. The van der Waals surface area contributed by atoms with Gasteiger partial charge >= 0.3 is 0 Å². The van der Waals surface area contributed by atoms with Crippen molar-refractivity contribution in [2.45, 2.75) is 0 Å². The number of halogens is 1. The van der Waals surface area contributed by atoms with E-state index in [1.807, 2.05) is 30.3 Å². The molecule has 0 aliphatic rings. The van der Waals surface area contributed by atoms with E-state index in [-0.39, 0.29) is 0 Å². The smallest absolute Gasteiger partial charge is 0.0865 e. The van der Waals surface area contributed by atoms with Crippen LogP contribution in [0.5, 0.6) is 0 Å². The molecule has 0 spiro atoms. The van der Waals surface area contributed by atoms with Crippen molar-refractivity contribution in [3.8, 4) is 12.0 Å². The van der Waals surface area contributed by atoms with Gasteiger partial charge in [-0.3, -0.25) is 0 Å². The minimum absolute atomic E-state index is 0.680. The van der Waals surface area contributed by atoms with Crippen molar-refractivity contribution in [2.75, 3.05) is 0 Å². The highest BCUT2D eigenvalue weighted by atomic mass is 35.5. The molecule has 0 saturated heterocycles. The molecule has 82 valence electrons. The summed E-state index contributed by atoms with van der Waals surface area (Å²) in [6.07, 6.45) is 0. The van der Waals surface area contributed by atoms with Crippen LogP contribution in [0.15, 0.2) is 64.8 Å². The van der Waals surface area contributed by atoms with Crippen molar-refractivity contribution >= 4 is 17.3 Å². The molecule has 0 unspecified atom stereocenters. The Labute approximate surface area is 105 Å². The minimum atomic E-state index is 0.680. The van der Waals surface area contributed by atoms with Crippen molar-refractivity contribution in [1.29, 1.82) is 0 Å². The normalized spacial score (nSPS) is 9.94. The predicted octanol–water partition coefficient (Wildman–Crippen LogP) is 4.43. The van der Waals surface area contributed by atoms with E-state index in [0.29, 0.717) is 5.02 Å². The lowest BCUT2D eigenvalue weighted by molar-refractivity contribution is 1.26. The van der Waals surface area contributed by atoms with Crippen LogP contribution in [0.2, 0.25) is 5.02 Å². The Bertz CT molecular complexity index is 563. The average molecular weight is 241 g/mol. The molecule has 0 bridgehead atoms. The molecule has 17 heavy (non-hydrogen) atoms. The summed E-state index contributed by atoms with van der Waals surface area (Å²) in [4.78, 5) is 0. The maximum atomic E-state index is 5.75. The number of hydrogen-bond acceptors (Lipinski definition) is 2. The third-order valence-corrected chi connectivity index (χ3v) is 2.27. The first-order valence-electron chi connectivity index (χ1n) is 5.07. The number of nitrogens with zero attached hydrogens (tertiary/aromatic N) is 2. The van der Waals surface area contributed by atoms with Crippen LogP contribution >= 0.6 is 11.6 Å². The summed E-state index contributed by atoms with van der Waals surface area (Å²) in [7, 11) is 0. The summed E-state index contributed by atoms with van der Waals surface area (Å²) in [5.41, 5.74) is 1.65. The number of azo groups is 1. The fourth-order valence-electron chi connectivity index (χ4n) is 1.20. The topological polar surface area (TPSA) is 24.7 Å². The van der Waals surface area contributed by atoms with Crippen LogP contribution < -0.4 is 0 Å². The van der Waals surface area contributed by atoms with Crippen LogP contribution in [0.3, 0.4) is 0 Å². The summed E-state index contributed by atoms with van der Waals surface area (Å²) < 4.78 is 0. The third-order valence-electron chi connectivity index (χ3n) is 2.02. The maximum Gasteiger partial charge on any atom is 0.0865 e. The minimum Gasteiger partial charge on any atom is -0.142 e. The average Bonchev–Trinajstić information content (AvgIpc) is 2.38. The summed E-state index contributed by atoms with van der Waals surface area (Å²) in [6, 6.07) is 19.4. The SMILES string of the molecule is Clc1ccc(N=NC#Cc2ccccc2)cc1. The van der Waals surface area contributed by atoms with Gasteiger partial charge in [0.2, 0.25) is 0 Å². The van der Waals surface area contributed by atoms with E-state index < -0.39 is 0 Å². The highest BCUT2D eigenvalue weighted by molar-refractivity contribution is 6.30. The van der Waals surface area contributed by atoms with E-state index in [1.54, 1.807) is 24.3 Å². The van der Waals surface area contributed by atoms with Gasteiger partial charge in [0.05, 0.1) is 11.7 Å². The molecule has 2 rings (SSSR count). The summed E-state index contributed by atoms with van der Waals surface area (Å²) in [5.74, 6) is 2.89. The molecular formula is C14H9ClN2. The zero-order chi connectivity index (χ0) is 11.9. The molecular weight excluding hydrogens is 232 g/mol. The lowest BCUT2D eigenvalue weighted by Crippen LogP contribution is -1.69. The Balaban J connectivity index is 2.03. The number of rotatable bonds is 1. The van der Waals surface area contributed by atoms with Gasteiger partial charge in [-0.2, -0.15) is 0 Å². The fraction of sp³-hybridized carbons (Fsp3) is 0. The monoisotopic (exact) mass is 240 g/mol. The van der Waals surface area contributed by atoms with Gasteiger partial charge < -0.3 is 0 Å². The van der Waals surface area contributed by atoms with Gasteiger partial charge in [0.25, 0.3) is 0 Å². The molecule has 3 heteroatoms. The number of hydrogen-bond donors (Lipinski definition) is 0. The fourth-order valence-corrected chi connectivity index (χ4v) is 1.33. The van der Waals surface area contributed by atoms with E-state index in [4.69, 9.17) is 11.6 Å². The molecule has 0 N–H and O–H groups in total. The second kappa shape index (κ2) is 5.83. The van der Waals surface area contributed by atoms with Crippen molar-refractivity contribution in [3.63, 3.8) is 0 Å². The van der Waals surface area contributed by atoms with Gasteiger partial charge in [-0.15, -0.1) is 5.11 Å². The quantitative estimate of drug-likeness (QED) is 0.520. The Morgan fingerprint density at radius 2 is 1.59 bits per heavy atom. The van der Waals surface area contributed by atoms with E-state index in [0.717, 1.165) is 11.3 Å². The molecule has 2 aromatic carbocycles. The van der Waals surface area contributed by atoms with E-state index in [2.05, 4.69) is 22.2 Å². The molecule has 0 fully saturated rings. The van der Waals surface area contributed by atoms with Gasteiger partial charge in [-0.25, -0.2) is 0 Å². The van der Waals surface area contributed by atoms with Gasteiger partial charge in [-0.05, 0) is 42.3 Å². The van der Waals surface area contributed by atoms with Gasteiger partial charge in [0.15, 0.2) is 0 Å². The van der Waals surface area contributed by atoms with Crippen LogP contribution in [-0.2, 0) is 0 Å². The van der Waals surface area contributed by atoms with E-state index >= 15 is 0 Å². The highest BCUT2D eigenvalue weighted by Gasteiger charge is 1.88. The molecule has 0 aromatic heterocycles. The van der Waals surface area contributed by atoms with Crippen LogP contribution in [0, 0.1) is 12.0 Å². The Morgan fingerprint density at radius 1 is 0.882 bits per heavy atom. The van der Waals surface area contributed by atoms with Gasteiger partial charge in [-0.1, -0.05) is 34.9 Å². The lowest BCUT2D eigenvalue weighted by Gasteiger charge is -1.89. The molecule has 0 amide bonds. The highest BCUT2D eigenvalue weighted by Crippen LogP contribution is 2.16. The van der Waals surface area contributed by atoms with Crippen LogP contribution in [0.4, 0.5) is 5.69 Å². The van der Waals surface area contributed by atoms with Crippen LogP contribution in [0.25, 0.3) is 0 Å². The predicted molar refractivity (Wildman–Crippen MR) is 69.3 cm³/mol. The second-order valence-corrected chi connectivity index (χ2v) is 3.72. The molecule has 0 heterocycles. The van der Waals surface area contributed by atoms with Crippen molar-refractivity contribution in [2.24, 2.45) is 10.2 Å². The first-order chi connectivity index (χ1) is 8.34. The summed E-state index contributed by atoms with van der Waals surface area (Å²) >= 11 is 5.75. The summed E-state index contributed by atoms with van der Waals surface area (Å²) in [5, 5.41) is 8.42. The van der Waals surface area contributed by atoms with Crippen LogP contribution in [-0.4, -0.2) is 0 Å². The first-order valence-corrected chi connectivity index (χ1v) is 5.45. The molecule has 0 saturated carbocycles. The van der Waals surface area contributed by atoms with Gasteiger partial charge in [0.1, 0.15) is 0 Å². The second-order valence-electron chi connectivity index (χ2n) is 3.28. The van der Waals surface area contributed by atoms with Crippen molar-refractivity contribution in [3.05, 3.63) is 65.2 Å². The van der Waals surface area contributed by atoms with E-state index in [9.17, 15) is 0 Å². The molecule has 2 aromatic rings. The molecule has 2 nitrogen and oxygen atoms in total. The maximum absolute atomic E-state index is 5.75. The zero-order valence-electron chi connectivity index (χ0n) is 8.97. The largest absolute Gasteiger partial charge is 0.142 e. The Kier molecular flexibility index (Phi) is 3.90. The lowest BCUT2D eigenvalue weighted by atomic mass is 10.2. The molecule has 0 aliphatic heterocycles. The zero-order valence-corrected chi connectivity index (χ0v) is 9.72. The molecule has 0 radical (unpaired) electrons. The molecule has 0 atom stereocenters. The van der Waals surface area contributed by atoms with Crippen molar-refractivity contribution in [1.82, 2.24) is 0 Å². The summed E-state index contributed by atoms with van der Waals surface area (Å²) in [6.45, 7) is 0. The first kappa shape index (κ1) is 11.4. The van der Waals surface area contributed by atoms with Gasteiger partial charge in [0, 0.05) is 10.6 Å². The van der Waals surface area contributed by atoms with Crippen LogP contribution in [0.1, 0.15) is 5.56 Å². The van der Waals surface area contributed by atoms with Crippen molar-refractivity contribution < 1.29 is 0 Å². The Hall–Kier alpha value is -2.11. The Morgan fingerprint density at radius 3 is 2.29 bits per heavy atom. The third kappa shape index (κ3) is 3.75. The van der Waals surface area contributed by atoms with E-state index in [1.165, 1.54) is 0 Å².